The predicted octanol–water partition coefficient (Wildman–Crippen LogP) is 3.43. The molecule has 31 heavy (non-hydrogen) atoms. The number of aromatic nitrogens is 4. The second-order valence-corrected chi connectivity index (χ2v) is 9.72. The highest BCUT2D eigenvalue weighted by molar-refractivity contribution is 9.10. The summed E-state index contributed by atoms with van der Waals surface area (Å²) in [5.41, 5.74) is -2.35. The molecule has 13 heteroatoms. The zero-order valence-corrected chi connectivity index (χ0v) is 19.4. The largest absolute Gasteiger partial charge is 0.431 e. The predicted molar refractivity (Wildman–Crippen MR) is 114 cm³/mol. The van der Waals surface area contributed by atoms with Crippen molar-refractivity contribution in [1.82, 2.24) is 19.1 Å². The highest BCUT2D eigenvalue weighted by Gasteiger charge is 2.36. The Kier molecular flexibility index (Phi) is 5.95. The van der Waals surface area contributed by atoms with Crippen molar-refractivity contribution in [3.8, 4) is 11.5 Å². The van der Waals surface area contributed by atoms with Crippen LogP contribution in [-0.4, -0.2) is 40.3 Å². The lowest BCUT2D eigenvalue weighted by molar-refractivity contribution is -0.144. The first-order valence-corrected chi connectivity index (χ1v) is 11.6. The van der Waals surface area contributed by atoms with E-state index in [1.54, 1.807) is 7.05 Å². The van der Waals surface area contributed by atoms with Crippen LogP contribution in [0.4, 0.5) is 19.0 Å². The summed E-state index contributed by atoms with van der Waals surface area (Å²) in [6, 6.07) is 2.15. The van der Waals surface area contributed by atoms with E-state index in [9.17, 15) is 26.4 Å². The summed E-state index contributed by atoms with van der Waals surface area (Å²) in [7, 11) is -0.756. The molecule has 0 radical (unpaired) electrons. The minimum absolute atomic E-state index is 0.0369. The lowest BCUT2D eigenvalue weighted by atomic mass is 10.3. The molecule has 0 atom stereocenters. The van der Waals surface area contributed by atoms with E-state index in [1.165, 1.54) is 31.5 Å². The van der Waals surface area contributed by atoms with Gasteiger partial charge in [-0.05, 0) is 35.0 Å². The Morgan fingerprint density at radius 2 is 1.84 bits per heavy atom. The van der Waals surface area contributed by atoms with Gasteiger partial charge in [-0.1, -0.05) is 6.92 Å². The first kappa shape index (κ1) is 23.3. The van der Waals surface area contributed by atoms with Gasteiger partial charge in [-0.3, -0.25) is 4.79 Å². The minimum atomic E-state index is -4.76. The van der Waals surface area contributed by atoms with Crippen LogP contribution < -0.4 is 10.9 Å². The quantitative estimate of drug-likeness (QED) is 0.552. The molecule has 8 nitrogen and oxygen atoms in total. The number of halogens is 4. The van der Waals surface area contributed by atoms with Crippen molar-refractivity contribution in [2.24, 2.45) is 7.05 Å². The molecular weight excluding hydrogens is 503 g/mol. The van der Waals surface area contributed by atoms with Gasteiger partial charge in [0.05, 0.1) is 20.6 Å². The van der Waals surface area contributed by atoms with Gasteiger partial charge in [-0.2, -0.15) is 13.2 Å². The van der Waals surface area contributed by atoms with Crippen molar-refractivity contribution in [2.45, 2.75) is 31.5 Å². The van der Waals surface area contributed by atoms with Crippen molar-refractivity contribution in [1.29, 1.82) is 0 Å². The summed E-state index contributed by atoms with van der Waals surface area (Å²) in [5.74, 6) is 0.0434. The molecule has 0 aliphatic heterocycles. The Balaban J connectivity index is 2.46. The average molecular weight is 522 g/mol. The third-order valence-electron chi connectivity index (χ3n) is 4.85. The van der Waals surface area contributed by atoms with Crippen molar-refractivity contribution < 1.29 is 21.6 Å². The minimum Gasteiger partial charge on any atom is -0.372 e. The van der Waals surface area contributed by atoms with Crippen molar-refractivity contribution in [3.05, 3.63) is 32.7 Å². The van der Waals surface area contributed by atoms with Crippen molar-refractivity contribution >= 4 is 42.6 Å². The second-order valence-electron chi connectivity index (χ2n) is 6.62. The Labute approximate surface area is 184 Å². The summed E-state index contributed by atoms with van der Waals surface area (Å²) in [6.45, 7) is 2.70. The molecular formula is C18H19BrF3N5O3S. The molecule has 3 aromatic heterocycles. The van der Waals surface area contributed by atoms with Gasteiger partial charge in [0.2, 0.25) is 0 Å². The number of hydrogen-bond donors (Lipinski definition) is 1. The number of rotatable bonds is 5. The number of nitrogens with one attached hydrogen (secondary N) is 1. The number of hydrogen-bond acceptors (Lipinski definition) is 6. The molecule has 3 heterocycles. The second kappa shape index (κ2) is 7.93. The Bertz CT molecular complexity index is 1350. The van der Waals surface area contributed by atoms with Crippen molar-refractivity contribution in [2.75, 3.05) is 18.1 Å². The standard InChI is InChI=1S/C18H19BrF3N5O3S/c1-5-27-12(18(20,21)22)8-10-14(17(27)28)26(4)16(24-10)13-11(31(29,30)6-2)7-9(19)15(23-3)25-13/h7-8H,5-6H2,1-4H3,(H,23,25). The van der Waals surface area contributed by atoms with Gasteiger partial charge in [0.25, 0.3) is 5.56 Å². The number of sulfone groups is 1. The fourth-order valence-corrected chi connectivity index (χ4v) is 4.99. The lowest BCUT2D eigenvalue weighted by Gasteiger charge is -2.14. The van der Waals surface area contributed by atoms with E-state index in [-0.39, 0.29) is 39.7 Å². The molecule has 0 fully saturated rings. The molecule has 0 spiro atoms. The number of nitrogens with zero attached hydrogens (tertiary/aromatic N) is 4. The number of aryl methyl sites for hydroxylation is 1. The highest BCUT2D eigenvalue weighted by Crippen LogP contribution is 2.35. The van der Waals surface area contributed by atoms with Crippen LogP contribution in [0, 0.1) is 0 Å². The normalized spacial score (nSPS) is 12.5. The summed E-state index contributed by atoms with van der Waals surface area (Å²) in [6.07, 6.45) is -4.76. The fraction of sp³-hybridized carbons (Fsp3) is 0.389. The van der Waals surface area contributed by atoms with Gasteiger partial charge >= 0.3 is 6.18 Å². The topological polar surface area (TPSA) is 98.9 Å². The molecule has 0 aliphatic rings. The van der Waals surface area contributed by atoms with Crippen LogP contribution in [0.3, 0.4) is 0 Å². The van der Waals surface area contributed by atoms with E-state index in [0.29, 0.717) is 14.9 Å². The average Bonchev–Trinajstić information content (AvgIpc) is 3.03. The molecule has 0 saturated heterocycles. The molecule has 0 saturated carbocycles. The number of fused-ring (bicyclic) bond motifs is 1. The zero-order chi connectivity index (χ0) is 23.3. The van der Waals surface area contributed by atoms with Crippen LogP contribution in [0.1, 0.15) is 19.5 Å². The maximum absolute atomic E-state index is 13.5. The van der Waals surface area contributed by atoms with Crippen LogP contribution >= 0.6 is 15.9 Å². The SMILES string of the molecule is CCn1c(C(F)(F)F)cc2nc(-c3nc(NC)c(Br)cc3S(=O)(=O)CC)n(C)c2c1=O. The maximum atomic E-state index is 13.5. The Morgan fingerprint density at radius 3 is 2.35 bits per heavy atom. The van der Waals surface area contributed by atoms with Gasteiger partial charge in [-0.15, -0.1) is 0 Å². The molecule has 0 aliphatic carbocycles. The van der Waals surface area contributed by atoms with E-state index >= 15 is 0 Å². The van der Waals surface area contributed by atoms with Crippen molar-refractivity contribution in [3.63, 3.8) is 0 Å². The maximum Gasteiger partial charge on any atom is 0.431 e. The lowest BCUT2D eigenvalue weighted by Crippen LogP contribution is -2.28. The van der Waals surface area contributed by atoms with Crippen LogP contribution in [0.5, 0.6) is 0 Å². The first-order valence-electron chi connectivity index (χ1n) is 9.16. The molecule has 0 unspecified atom stereocenters. The number of anilines is 1. The van der Waals surface area contributed by atoms with Gasteiger partial charge in [0, 0.05) is 20.6 Å². The summed E-state index contributed by atoms with van der Waals surface area (Å²) >= 11 is 3.26. The van der Waals surface area contributed by atoms with Crippen LogP contribution in [0.25, 0.3) is 22.6 Å². The van der Waals surface area contributed by atoms with Gasteiger partial charge in [0.1, 0.15) is 22.7 Å². The highest BCUT2D eigenvalue weighted by atomic mass is 79.9. The third kappa shape index (κ3) is 3.84. The van der Waals surface area contributed by atoms with Gasteiger partial charge in [0.15, 0.2) is 15.7 Å². The van der Waals surface area contributed by atoms with E-state index in [4.69, 9.17) is 0 Å². The van der Waals surface area contributed by atoms with Crippen LogP contribution in [0.15, 0.2) is 26.3 Å². The molecule has 3 rings (SSSR count). The summed E-state index contributed by atoms with van der Waals surface area (Å²) in [4.78, 5) is 21.2. The molecule has 0 amide bonds. The monoisotopic (exact) mass is 521 g/mol. The molecule has 3 aromatic rings. The van der Waals surface area contributed by atoms with Gasteiger partial charge in [-0.25, -0.2) is 18.4 Å². The molecule has 1 N–H and O–H groups in total. The Morgan fingerprint density at radius 1 is 1.19 bits per heavy atom. The number of pyridine rings is 2. The van der Waals surface area contributed by atoms with Gasteiger partial charge < -0.3 is 14.5 Å². The van der Waals surface area contributed by atoms with E-state index in [1.807, 2.05) is 0 Å². The molecule has 168 valence electrons. The first-order chi connectivity index (χ1) is 14.4. The zero-order valence-electron chi connectivity index (χ0n) is 17.0. The molecule has 0 bridgehead atoms. The van der Waals surface area contributed by atoms with E-state index in [2.05, 4.69) is 31.2 Å². The number of imidazole rings is 1. The smallest absolute Gasteiger partial charge is 0.372 e. The third-order valence-corrected chi connectivity index (χ3v) is 7.19. The fourth-order valence-electron chi connectivity index (χ4n) is 3.28. The van der Waals surface area contributed by atoms with E-state index in [0.717, 1.165) is 6.07 Å². The van der Waals surface area contributed by atoms with Crippen LogP contribution in [-0.2, 0) is 29.6 Å². The summed E-state index contributed by atoms with van der Waals surface area (Å²) < 4.78 is 68.1. The van der Waals surface area contributed by atoms with E-state index < -0.39 is 27.3 Å². The van der Waals surface area contributed by atoms with Crippen LogP contribution in [0.2, 0.25) is 0 Å². The number of alkyl halides is 3. The summed E-state index contributed by atoms with van der Waals surface area (Å²) in [5, 5.41) is 2.81. The Hall–Kier alpha value is -2.41. The molecule has 0 aromatic carbocycles.